The summed E-state index contributed by atoms with van der Waals surface area (Å²) in [5.41, 5.74) is 6.77. The molecule has 1 amide bonds. The zero-order chi connectivity index (χ0) is 18.3. The molecule has 0 bridgehead atoms. The maximum Gasteiger partial charge on any atom is 0.220 e. The lowest BCUT2D eigenvalue weighted by atomic mass is 9.73. The fraction of sp³-hybridized carbons (Fsp3) is 0.450. The van der Waals surface area contributed by atoms with Crippen molar-refractivity contribution >= 4 is 22.6 Å². The van der Waals surface area contributed by atoms with Gasteiger partial charge in [-0.05, 0) is 49.8 Å². The van der Waals surface area contributed by atoms with Crippen molar-refractivity contribution in [1.29, 1.82) is 0 Å². The van der Waals surface area contributed by atoms with Crippen molar-refractivity contribution in [2.24, 2.45) is 23.5 Å². The zero-order valence-corrected chi connectivity index (χ0v) is 14.7. The van der Waals surface area contributed by atoms with Gasteiger partial charge in [0, 0.05) is 11.3 Å². The molecule has 0 spiro atoms. The standard InChI is InChI=1S/C20H22N2O4/c1-25-13-6-7-16-14(8-13)18-17(9-22-16)26-10-15(19(18)23)11-2-4-12(5-3-11)20(21)24/h6-9,11-12,15H,2-5,10H2,1H3,(H2,21,24). The summed E-state index contributed by atoms with van der Waals surface area (Å²) in [4.78, 5) is 29.1. The molecule has 2 heterocycles. The third-order valence-corrected chi connectivity index (χ3v) is 5.79. The fourth-order valence-electron chi connectivity index (χ4n) is 4.24. The van der Waals surface area contributed by atoms with Crippen LogP contribution in [0.1, 0.15) is 36.0 Å². The van der Waals surface area contributed by atoms with Gasteiger partial charge in [0.05, 0.1) is 36.9 Å². The van der Waals surface area contributed by atoms with Gasteiger partial charge in [0.1, 0.15) is 11.5 Å². The van der Waals surface area contributed by atoms with Crippen molar-refractivity contribution in [2.45, 2.75) is 25.7 Å². The van der Waals surface area contributed by atoms with Gasteiger partial charge >= 0.3 is 0 Å². The Balaban J connectivity index is 1.65. The molecule has 26 heavy (non-hydrogen) atoms. The van der Waals surface area contributed by atoms with Gasteiger partial charge < -0.3 is 15.2 Å². The lowest BCUT2D eigenvalue weighted by Gasteiger charge is -2.34. The van der Waals surface area contributed by atoms with E-state index in [-0.39, 0.29) is 29.4 Å². The first-order valence-electron chi connectivity index (χ1n) is 9.01. The molecule has 0 radical (unpaired) electrons. The lowest BCUT2D eigenvalue weighted by molar-refractivity contribution is -0.123. The SMILES string of the molecule is COc1ccc2ncc3c(c2c1)C(=O)C(C1CCC(C(N)=O)CC1)CO3. The summed E-state index contributed by atoms with van der Waals surface area (Å²) >= 11 is 0. The Labute approximate surface area is 151 Å². The summed E-state index contributed by atoms with van der Waals surface area (Å²) in [6.07, 6.45) is 4.79. The highest BCUT2D eigenvalue weighted by atomic mass is 16.5. The van der Waals surface area contributed by atoms with E-state index in [0.29, 0.717) is 23.7 Å². The van der Waals surface area contributed by atoms with Crippen LogP contribution in [0.2, 0.25) is 0 Å². The number of methoxy groups -OCH3 is 1. The molecule has 2 aromatic rings. The number of nitrogens with zero attached hydrogens (tertiary/aromatic N) is 1. The number of carbonyl (C=O) groups excluding carboxylic acids is 2. The summed E-state index contributed by atoms with van der Waals surface area (Å²) in [6.45, 7) is 0.370. The molecule has 6 heteroatoms. The predicted molar refractivity (Wildman–Crippen MR) is 96.3 cm³/mol. The van der Waals surface area contributed by atoms with Gasteiger partial charge in [0.2, 0.25) is 5.91 Å². The number of Topliss-reactive ketones (excluding diaryl/α,β-unsaturated/α-hetero) is 1. The molecular formula is C20H22N2O4. The average Bonchev–Trinajstić information content (AvgIpc) is 2.67. The minimum atomic E-state index is -0.232. The predicted octanol–water partition coefficient (Wildman–Crippen LogP) is 2.73. The molecule has 0 saturated heterocycles. The van der Waals surface area contributed by atoms with Crippen LogP contribution in [0, 0.1) is 17.8 Å². The summed E-state index contributed by atoms with van der Waals surface area (Å²) < 4.78 is 11.2. The molecule has 136 valence electrons. The summed E-state index contributed by atoms with van der Waals surface area (Å²) in [5.74, 6) is 1.07. The number of rotatable bonds is 3. The van der Waals surface area contributed by atoms with Crippen LogP contribution in [0.3, 0.4) is 0 Å². The monoisotopic (exact) mass is 354 g/mol. The maximum absolute atomic E-state index is 13.3. The summed E-state index contributed by atoms with van der Waals surface area (Å²) in [5, 5.41) is 0.766. The van der Waals surface area contributed by atoms with Gasteiger partial charge in [0.25, 0.3) is 0 Å². The van der Waals surface area contributed by atoms with E-state index in [1.54, 1.807) is 13.3 Å². The van der Waals surface area contributed by atoms with Crippen LogP contribution in [-0.4, -0.2) is 30.4 Å². The van der Waals surface area contributed by atoms with Crippen molar-refractivity contribution < 1.29 is 19.1 Å². The van der Waals surface area contributed by atoms with Crippen LogP contribution in [-0.2, 0) is 4.79 Å². The molecule has 1 atom stereocenters. The quantitative estimate of drug-likeness (QED) is 0.915. The normalized spacial score (nSPS) is 25.4. The number of carbonyl (C=O) groups is 2. The highest BCUT2D eigenvalue weighted by Gasteiger charge is 2.38. The summed E-state index contributed by atoms with van der Waals surface area (Å²) in [7, 11) is 1.60. The van der Waals surface area contributed by atoms with Gasteiger partial charge in [-0.1, -0.05) is 0 Å². The summed E-state index contributed by atoms with van der Waals surface area (Å²) in [6, 6.07) is 5.52. The Morgan fingerprint density at radius 1 is 1.27 bits per heavy atom. The van der Waals surface area contributed by atoms with E-state index in [4.69, 9.17) is 15.2 Å². The first-order valence-corrected chi connectivity index (χ1v) is 9.01. The van der Waals surface area contributed by atoms with E-state index in [0.717, 1.165) is 36.6 Å². The third-order valence-electron chi connectivity index (χ3n) is 5.79. The Morgan fingerprint density at radius 2 is 2.04 bits per heavy atom. The Kier molecular flexibility index (Phi) is 4.26. The first kappa shape index (κ1) is 16.8. The van der Waals surface area contributed by atoms with E-state index >= 15 is 0 Å². The smallest absolute Gasteiger partial charge is 0.220 e. The number of nitrogens with two attached hydrogens (primary N) is 1. The number of pyridine rings is 1. The van der Waals surface area contributed by atoms with E-state index in [9.17, 15) is 9.59 Å². The van der Waals surface area contributed by atoms with Gasteiger partial charge in [-0.25, -0.2) is 0 Å². The van der Waals surface area contributed by atoms with E-state index in [1.807, 2.05) is 18.2 Å². The highest BCUT2D eigenvalue weighted by molar-refractivity contribution is 6.11. The van der Waals surface area contributed by atoms with Gasteiger partial charge in [-0.15, -0.1) is 0 Å². The Hall–Kier alpha value is -2.63. The van der Waals surface area contributed by atoms with Crippen LogP contribution < -0.4 is 15.2 Å². The Morgan fingerprint density at radius 3 is 2.73 bits per heavy atom. The molecule has 1 aromatic heterocycles. The molecule has 1 fully saturated rings. The Bertz CT molecular complexity index is 866. The largest absolute Gasteiger partial charge is 0.497 e. The van der Waals surface area contributed by atoms with Gasteiger partial charge in [-0.3, -0.25) is 14.6 Å². The molecule has 1 aliphatic heterocycles. The molecule has 1 unspecified atom stereocenters. The molecule has 4 rings (SSSR count). The van der Waals surface area contributed by atoms with E-state index < -0.39 is 0 Å². The molecule has 2 N–H and O–H groups in total. The third kappa shape index (κ3) is 2.79. The maximum atomic E-state index is 13.3. The van der Waals surface area contributed by atoms with Crippen LogP contribution in [0.4, 0.5) is 0 Å². The zero-order valence-electron chi connectivity index (χ0n) is 14.7. The van der Waals surface area contributed by atoms with Crippen molar-refractivity contribution in [1.82, 2.24) is 4.98 Å². The first-order chi connectivity index (χ1) is 12.6. The number of ketones is 1. The second-order valence-electron chi connectivity index (χ2n) is 7.18. The number of ether oxygens (including phenoxy) is 2. The second-order valence-corrected chi connectivity index (χ2v) is 7.18. The van der Waals surface area contributed by atoms with Crippen LogP contribution >= 0.6 is 0 Å². The molecule has 6 nitrogen and oxygen atoms in total. The topological polar surface area (TPSA) is 91.5 Å². The number of amides is 1. The molecule has 2 aliphatic rings. The highest BCUT2D eigenvalue weighted by Crippen LogP contribution is 2.40. The number of benzene rings is 1. The van der Waals surface area contributed by atoms with Crippen molar-refractivity contribution in [3.8, 4) is 11.5 Å². The minimum Gasteiger partial charge on any atom is -0.497 e. The van der Waals surface area contributed by atoms with Crippen LogP contribution in [0.15, 0.2) is 24.4 Å². The minimum absolute atomic E-state index is 0.0626. The van der Waals surface area contributed by atoms with Crippen LogP contribution in [0.5, 0.6) is 11.5 Å². The van der Waals surface area contributed by atoms with Crippen molar-refractivity contribution in [3.63, 3.8) is 0 Å². The average molecular weight is 354 g/mol. The van der Waals surface area contributed by atoms with Crippen LogP contribution in [0.25, 0.3) is 10.9 Å². The second kappa shape index (κ2) is 6.59. The number of primary amides is 1. The molecular weight excluding hydrogens is 332 g/mol. The number of fused-ring (bicyclic) bond motifs is 3. The number of aromatic nitrogens is 1. The molecule has 1 saturated carbocycles. The van der Waals surface area contributed by atoms with Gasteiger partial charge in [-0.2, -0.15) is 0 Å². The fourth-order valence-corrected chi connectivity index (χ4v) is 4.24. The number of hydrogen-bond acceptors (Lipinski definition) is 5. The molecule has 1 aliphatic carbocycles. The van der Waals surface area contributed by atoms with Gasteiger partial charge in [0.15, 0.2) is 5.78 Å². The lowest BCUT2D eigenvalue weighted by Crippen LogP contribution is -2.37. The van der Waals surface area contributed by atoms with Crippen molar-refractivity contribution in [3.05, 3.63) is 30.0 Å². The van der Waals surface area contributed by atoms with Crippen molar-refractivity contribution in [2.75, 3.05) is 13.7 Å². The molecule has 1 aromatic carbocycles. The van der Waals surface area contributed by atoms with E-state index in [1.165, 1.54) is 0 Å². The van der Waals surface area contributed by atoms with E-state index in [2.05, 4.69) is 4.98 Å². The number of hydrogen-bond donors (Lipinski definition) is 1.